The van der Waals surface area contributed by atoms with E-state index in [1.165, 1.54) is 12.3 Å². The molecule has 144 valence electrons. The van der Waals surface area contributed by atoms with Crippen LogP contribution in [-0.4, -0.2) is 45.5 Å². The molecule has 0 aromatic carbocycles. The second kappa shape index (κ2) is 7.07. The highest BCUT2D eigenvalue weighted by Crippen LogP contribution is 2.34. The number of hydrogen-bond acceptors (Lipinski definition) is 5. The van der Waals surface area contributed by atoms with Crippen molar-refractivity contribution in [1.29, 1.82) is 0 Å². The normalized spacial score (nSPS) is 23.5. The van der Waals surface area contributed by atoms with E-state index in [0.29, 0.717) is 18.5 Å². The third-order valence-corrected chi connectivity index (χ3v) is 5.53. The number of aromatic nitrogens is 3. The number of aryl methyl sites for hydroxylation is 1. The second-order valence-corrected chi connectivity index (χ2v) is 7.43. The Hall–Kier alpha value is -2.22. The van der Waals surface area contributed by atoms with Crippen molar-refractivity contribution in [1.82, 2.24) is 19.9 Å². The Morgan fingerprint density at radius 1 is 1.04 bits per heavy atom. The Bertz CT molecular complexity index is 775. The zero-order valence-electron chi connectivity index (χ0n) is 15.2. The van der Waals surface area contributed by atoms with Crippen molar-refractivity contribution in [3.05, 3.63) is 47.5 Å². The number of anilines is 1. The van der Waals surface area contributed by atoms with Crippen molar-refractivity contribution in [2.45, 2.75) is 38.5 Å². The predicted octanol–water partition coefficient (Wildman–Crippen LogP) is 3.30. The Kier molecular flexibility index (Phi) is 4.75. The van der Waals surface area contributed by atoms with E-state index in [0.717, 1.165) is 55.6 Å². The van der Waals surface area contributed by atoms with Crippen LogP contribution in [0.25, 0.3) is 0 Å². The number of nitrogens with zero attached hydrogens (tertiary/aromatic N) is 5. The average Bonchev–Trinajstić information content (AvgIpc) is 3.04. The standard InChI is InChI=1S/C19H22F3N5/c1-13-8-24-18(25-9-13)27-7-5-15-4-6-26(16(15)12-27)11-14-2-3-17(23-10-14)19(20,21)22/h2-3,8-10,15-16H,4-7,11-12H2,1H3. The highest BCUT2D eigenvalue weighted by atomic mass is 19.4. The lowest BCUT2D eigenvalue weighted by molar-refractivity contribution is -0.141. The predicted molar refractivity (Wildman–Crippen MR) is 95.1 cm³/mol. The van der Waals surface area contributed by atoms with Crippen LogP contribution in [0.2, 0.25) is 0 Å². The number of alkyl halides is 3. The van der Waals surface area contributed by atoms with E-state index in [4.69, 9.17) is 0 Å². The van der Waals surface area contributed by atoms with Gasteiger partial charge in [0.2, 0.25) is 5.95 Å². The van der Waals surface area contributed by atoms with Gasteiger partial charge in [-0.2, -0.15) is 13.2 Å². The topological polar surface area (TPSA) is 45.2 Å². The molecule has 4 heterocycles. The lowest BCUT2D eigenvalue weighted by Crippen LogP contribution is -2.48. The van der Waals surface area contributed by atoms with Crippen molar-refractivity contribution in [3.8, 4) is 0 Å². The van der Waals surface area contributed by atoms with Gasteiger partial charge in [0.05, 0.1) is 0 Å². The van der Waals surface area contributed by atoms with Crippen LogP contribution in [0.4, 0.5) is 19.1 Å². The molecular weight excluding hydrogens is 355 g/mol. The Morgan fingerprint density at radius 3 is 2.44 bits per heavy atom. The Balaban J connectivity index is 1.44. The maximum absolute atomic E-state index is 12.7. The summed E-state index contributed by atoms with van der Waals surface area (Å²) in [5.41, 5.74) is 1.00. The smallest absolute Gasteiger partial charge is 0.339 e. The molecule has 0 radical (unpaired) electrons. The van der Waals surface area contributed by atoms with Gasteiger partial charge >= 0.3 is 6.18 Å². The Labute approximate surface area is 156 Å². The first-order valence-corrected chi connectivity index (χ1v) is 9.20. The van der Waals surface area contributed by atoms with E-state index in [1.807, 2.05) is 19.3 Å². The van der Waals surface area contributed by atoms with Crippen molar-refractivity contribution >= 4 is 5.95 Å². The number of halogens is 3. The Morgan fingerprint density at radius 2 is 1.78 bits per heavy atom. The molecule has 0 N–H and O–H groups in total. The minimum atomic E-state index is -4.39. The first kappa shape index (κ1) is 18.2. The SMILES string of the molecule is Cc1cnc(N2CCC3CCN(Cc4ccc(C(F)(F)F)nc4)C3C2)nc1. The number of hydrogen-bond donors (Lipinski definition) is 0. The van der Waals surface area contributed by atoms with Crippen LogP contribution in [0.3, 0.4) is 0 Å². The van der Waals surface area contributed by atoms with Gasteiger partial charge in [0.15, 0.2) is 0 Å². The third-order valence-electron chi connectivity index (χ3n) is 5.53. The fraction of sp³-hybridized carbons (Fsp3) is 0.526. The maximum Gasteiger partial charge on any atom is 0.433 e. The molecule has 2 aromatic rings. The molecule has 0 aliphatic carbocycles. The van der Waals surface area contributed by atoms with Crippen LogP contribution in [0.5, 0.6) is 0 Å². The lowest BCUT2D eigenvalue weighted by Gasteiger charge is -2.38. The van der Waals surface area contributed by atoms with Gasteiger partial charge in [-0.25, -0.2) is 9.97 Å². The molecule has 2 aliphatic heterocycles. The number of fused-ring (bicyclic) bond motifs is 1. The first-order chi connectivity index (χ1) is 12.9. The fourth-order valence-corrected chi connectivity index (χ4v) is 4.08. The quantitative estimate of drug-likeness (QED) is 0.821. The van der Waals surface area contributed by atoms with Crippen LogP contribution in [-0.2, 0) is 12.7 Å². The molecule has 5 nitrogen and oxygen atoms in total. The zero-order valence-corrected chi connectivity index (χ0v) is 15.2. The molecule has 2 unspecified atom stereocenters. The van der Waals surface area contributed by atoms with Crippen LogP contribution in [0.15, 0.2) is 30.7 Å². The van der Waals surface area contributed by atoms with E-state index in [-0.39, 0.29) is 0 Å². The molecule has 2 aliphatic rings. The van der Waals surface area contributed by atoms with Gasteiger partial charge in [0, 0.05) is 44.3 Å². The van der Waals surface area contributed by atoms with Crippen molar-refractivity contribution < 1.29 is 13.2 Å². The fourth-order valence-electron chi connectivity index (χ4n) is 4.08. The summed E-state index contributed by atoms with van der Waals surface area (Å²) in [6.45, 7) is 5.34. The number of piperidine rings is 1. The average molecular weight is 377 g/mol. The molecule has 8 heteroatoms. The number of pyridine rings is 1. The number of likely N-dealkylation sites (tertiary alicyclic amines) is 1. The van der Waals surface area contributed by atoms with Gasteiger partial charge in [-0.1, -0.05) is 6.07 Å². The second-order valence-electron chi connectivity index (χ2n) is 7.43. The molecule has 2 saturated heterocycles. The molecule has 2 atom stereocenters. The summed E-state index contributed by atoms with van der Waals surface area (Å²) in [7, 11) is 0. The zero-order chi connectivity index (χ0) is 19.0. The van der Waals surface area contributed by atoms with E-state index in [1.54, 1.807) is 0 Å². The van der Waals surface area contributed by atoms with Gasteiger partial charge in [0.1, 0.15) is 5.69 Å². The lowest BCUT2D eigenvalue weighted by atomic mass is 9.92. The van der Waals surface area contributed by atoms with E-state index >= 15 is 0 Å². The minimum Gasteiger partial charge on any atom is -0.339 e. The summed E-state index contributed by atoms with van der Waals surface area (Å²) in [6.07, 6.45) is 2.82. The highest BCUT2D eigenvalue weighted by molar-refractivity contribution is 5.31. The van der Waals surface area contributed by atoms with E-state index in [2.05, 4.69) is 24.8 Å². The summed E-state index contributed by atoms with van der Waals surface area (Å²) in [5.74, 6) is 1.37. The molecule has 4 rings (SSSR count). The molecule has 2 aromatic heterocycles. The van der Waals surface area contributed by atoms with Crippen LogP contribution < -0.4 is 4.90 Å². The van der Waals surface area contributed by atoms with Crippen LogP contribution in [0.1, 0.15) is 29.7 Å². The summed E-state index contributed by atoms with van der Waals surface area (Å²) < 4.78 is 38.1. The van der Waals surface area contributed by atoms with Gasteiger partial charge < -0.3 is 4.90 Å². The van der Waals surface area contributed by atoms with Gasteiger partial charge in [-0.05, 0) is 49.4 Å². The minimum absolute atomic E-state index is 0.367. The molecule has 27 heavy (non-hydrogen) atoms. The van der Waals surface area contributed by atoms with Crippen molar-refractivity contribution in [2.24, 2.45) is 5.92 Å². The van der Waals surface area contributed by atoms with Crippen molar-refractivity contribution in [3.63, 3.8) is 0 Å². The van der Waals surface area contributed by atoms with Crippen LogP contribution >= 0.6 is 0 Å². The molecule has 0 spiro atoms. The van der Waals surface area contributed by atoms with Gasteiger partial charge in [-0.3, -0.25) is 9.88 Å². The van der Waals surface area contributed by atoms with E-state index < -0.39 is 11.9 Å². The summed E-state index contributed by atoms with van der Waals surface area (Å²) >= 11 is 0. The number of rotatable bonds is 3. The van der Waals surface area contributed by atoms with Gasteiger partial charge in [-0.15, -0.1) is 0 Å². The molecule has 0 bridgehead atoms. The van der Waals surface area contributed by atoms with Gasteiger partial charge in [0.25, 0.3) is 0 Å². The summed E-state index contributed by atoms with van der Waals surface area (Å²) in [5, 5.41) is 0. The maximum atomic E-state index is 12.7. The first-order valence-electron chi connectivity index (χ1n) is 9.20. The monoisotopic (exact) mass is 377 g/mol. The van der Waals surface area contributed by atoms with Crippen LogP contribution in [0, 0.1) is 12.8 Å². The molecule has 2 fully saturated rings. The highest BCUT2D eigenvalue weighted by Gasteiger charge is 2.39. The molecular formula is C19H22F3N5. The van der Waals surface area contributed by atoms with E-state index in [9.17, 15) is 13.2 Å². The molecule has 0 saturated carbocycles. The molecule has 0 amide bonds. The third kappa shape index (κ3) is 3.90. The largest absolute Gasteiger partial charge is 0.433 e. The summed E-state index contributed by atoms with van der Waals surface area (Å²) in [6, 6.07) is 2.97. The summed E-state index contributed by atoms with van der Waals surface area (Å²) in [4.78, 5) is 17.0. The van der Waals surface area contributed by atoms with Crippen molar-refractivity contribution in [2.75, 3.05) is 24.5 Å².